The van der Waals surface area contributed by atoms with Crippen LogP contribution in [-0.4, -0.2) is 18.7 Å². The Morgan fingerprint density at radius 3 is 1.50 bits per heavy atom. The fraction of sp³-hybridized carbons (Fsp3) is 0. The zero-order chi connectivity index (χ0) is 8.55. The van der Waals surface area contributed by atoms with Crippen LogP contribution in [-0.2, 0) is 0 Å². The molecule has 0 saturated heterocycles. The quantitative estimate of drug-likeness (QED) is 0.682. The van der Waals surface area contributed by atoms with Crippen LogP contribution in [0.15, 0.2) is 0 Å². The Balaban J connectivity index is 2.43. The van der Waals surface area contributed by atoms with Crippen molar-refractivity contribution < 1.29 is 0 Å². The molecule has 0 bridgehead atoms. The lowest BCUT2D eigenvalue weighted by Gasteiger charge is -1.80. The van der Waals surface area contributed by atoms with E-state index in [0.717, 1.165) is 23.1 Å². The third kappa shape index (κ3) is 1.21. The summed E-state index contributed by atoms with van der Waals surface area (Å²) in [7, 11) is 0. The molecular weight excluding hydrogens is 196 g/mol. The zero-order valence-electron chi connectivity index (χ0n) is 5.76. The van der Waals surface area contributed by atoms with Crippen LogP contribution < -0.4 is 11.5 Å². The molecule has 0 radical (unpaired) electrons. The van der Waals surface area contributed by atoms with E-state index in [1.54, 1.807) is 0 Å². The number of rotatable bonds is 1. The van der Waals surface area contributed by atoms with E-state index < -0.39 is 0 Å². The average molecular weight is 200 g/mol. The summed E-state index contributed by atoms with van der Waals surface area (Å²) in [4.78, 5) is 7.81. The SMILES string of the molecule is Nc1nc(-c2nsc(N)n2)ns1. The van der Waals surface area contributed by atoms with E-state index in [1.165, 1.54) is 0 Å². The molecule has 0 amide bonds. The van der Waals surface area contributed by atoms with Crippen LogP contribution in [0.3, 0.4) is 0 Å². The fourth-order valence-electron chi connectivity index (χ4n) is 0.652. The van der Waals surface area contributed by atoms with Crippen molar-refractivity contribution in [3.05, 3.63) is 0 Å². The Kier molecular flexibility index (Phi) is 1.62. The van der Waals surface area contributed by atoms with Crippen molar-refractivity contribution in [3.8, 4) is 11.6 Å². The molecule has 0 saturated carbocycles. The highest BCUT2D eigenvalue weighted by atomic mass is 32.1. The highest BCUT2D eigenvalue weighted by Crippen LogP contribution is 2.18. The molecule has 12 heavy (non-hydrogen) atoms. The van der Waals surface area contributed by atoms with E-state index in [0.29, 0.717) is 21.9 Å². The summed E-state index contributed by atoms with van der Waals surface area (Å²) in [6, 6.07) is 0. The van der Waals surface area contributed by atoms with Crippen molar-refractivity contribution >= 4 is 33.3 Å². The van der Waals surface area contributed by atoms with Crippen LogP contribution in [0.5, 0.6) is 0 Å². The molecule has 6 nitrogen and oxygen atoms in total. The number of hydrogen-bond donors (Lipinski definition) is 2. The van der Waals surface area contributed by atoms with Crippen LogP contribution >= 0.6 is 23.1 Å². The summed E-state index contributed by atoms with van der Waals surface area (Å²) >= 11 is 2.22. The van der Waals surface area contributed by atoms with Gasteiger partial charge in [0, 0.05) is 23.1 Å². The van der Waals surface area contributed by atoms with E-state index in [4.69, 9.17) is 11.5 Å². The lowest BCUT2D eigenvalue weighted by Crippen LogP contribution is -1.86. The van der Waals surface area contributed by atoms with Gasteiger partial charge in [0.05, 0.1) is 0 Å². The molecule has 0 aliphatic carbocycles. The molecule has 62 valence electrons. The number of anilines is 2. The average Bonchev–Trinajstić information content (AvgIpc) is 2.58. The first-order valence-corrected chi connectivity index (χ1v) is 4.49. The normalized spacial score (nSPS) is 10.3. The van der Waals surface area contributed by atoms with Crippen molar-refractivity contribution in [2.24, 2.45) is 0 Å². The number of nitrogens with zero attached hydrogens (tertiary/aromatic N) is 4. The van der Waals surface area contributed by atoms with Crippen LogP contribution in [0.25, 0.3) is 11.6 Å². The van der Waals surface area contributed by atoms with Gasteiger partial charge in [0.2, 0.25) is 11.6 Å². The van der Waals surface area contributed by atoms with Gasteiger partial charge in [-0.05, 0) is 0 Å². The highest BCUT2D eigenvalue weighted by molar-refractivity contribution is 7.10. The molecule has 0 unspecified atom stereocenters. The number of nitrogens with two attached hydrogens (primary N) is 2. The van der Waals surface area contributed by atoms with Crippen LogP contribution in [0.1, 0.15) is 0 Å². The number of hydrogen-bond acceptors (Lipinski definition) is 8. The Bertz CT molecular complexity index is 353. The van der Waals surface area contributed by atoms with Crippen molar-refractivity contribution in [1.29, 1.82) is 0 Å². The molecule has 0 atom stereocenters. The van der Waals surface area contributed by atoms with Gasteiger partial charge >= 0.3 is 0 Å². The second-order valence-electron chi connectivity index (χ2n) is 1.91. The predicted octanol–water partition coefficient (Wildman–Crippen LogP) is 0.221. The van der Waals surface area contributed by atoms with E-state index in [1.807, 2.05) is 0 Å². The molecule has 0 fully saturated rings. The molecule has 2 rings (SSSR count). The second-order valence-corrected chi connectivity index (χ2v) is 3.48. The smallest absolute Gasteiger partial charge is 0.213 e. The molecule has 0 aromatic carbocycles. The molecule has 0 spiro atoms. The summed E-state index contributed by atoms with van der Waals surface area (Å²) < 4.78 is 7.86. The minimum Gasteiger partial charge on any atom is -0.374 e. The molecule has 0 aliphatic heterocycles. The number of nitrogen functional groups attached to an aromatic ring is 2. The molecule has 0 aliphatic rings. The van der Waals surface area contributed by atoms with Crippen LogP contribution in [0.4, 0.5) is 10.3 Å². The lowest BCUT2D eigenvalue weighted by molar-refractivity contribution is 1.22. The Morgan fingerprint density at radius 2 is 1.25 bits per heavy atom. The van der Waals surface area contributed by atoms with E-state index in [2.05, 4.69) is 18.7 Å². The standard InChI is InChI=1S/C4H4N6S2/c5-3-7-1(9-11-3)2-8-4(6)12-10-2/h(H2,5,7,9)(H2,6,8,10). The zero-order valence-corrected chi connectivity index (χ0v) is 7.39. The van der Waals surface area contributed by atoms with E-state index >= 15 is 0 Å². The van der Waals surface area contributed by atoms with Gasteiger partial charge in [-0.15, -0.1) is 0 Å². The molecule has 2 aromatic rings. The minimum absolute atomic E-state index is 0.401. The molecule has 8 heteroatoms. The van der Waals surface area contributed by atoms with E-state index in [-0.39, 0.29) is 0 Å². The summed E-state index contributed by atoms with van der Waals surface area (Å²) in [5, 5.41) is 0.803. The minimum atomic E-state index is 0.401. The van der Waals surface area contributed by atoms with E-state index in [9.17, 15) is 0 Å². The largest absolute Gasteiger partial charge is 0.374 e. The maximum atomic E-state index is 5.38. The maximum absolute atomic E-state index is 5.38. The summed E-state index contributed by atoms with van der Waals surface area (Å²) in [5.74, 6) is 0.871. The maximum Gasteiger partial charge on any atom is 0.213 e. The Labute approximate surface area is 75.6 Å². The number of aromatic nitrogens is 4. The summed E-state index contributed by atoms with van der Waals surface area (Å²) in [6.07, 6.45) is 0. The van der Waals surface area contributed by atoms with Gasteiger partial charge in [-0.3, -0.25) is 0 Å². The first kappa shape index (κ1) is 7.37. The van der Waals surface area contributed by atoms with Crippen LogP contribution in [0, 0.1) is 0 Å². The van der Waals surface area contributed by atoms with Gasteiger partial charge < -0.3 is 11.5 Å². The van der Waals surface area contributed by atoms with Crippen molar-refractivity contribution in [2.75, 3.05) is 11.5 Å². The summed E-state index contributed by atoms with van der Waals surface area (Å²) in [5.41, 5.74) is 10.8. The lowest BCUT2D eigenvalue weighted by atomic mass is 10.6. The summed E-state index contributed by atoms with van der Waals surface area (Å²) in [6.45, 7) is 0. The molecule has 4 N–H and O–H groups in total. The topological polar surface area (TPSA) is 104 Å². The first-order valence-electron chi connectivity index (χ1n) is 2.94. The third-order valence-corrected chi connectivity index (χ3v) is 2.17. The monoisotopic (exact) mass is 200 g/mol. The van der Waals surface area contributed by atoms with Gasteiger partial charge in [-0.25, -0.2) is 0 Å². The third-order valence-electron chi connectivity index (χ3n) is 1.08. The van der Waals surface area contributed by atoms with Gasteiger partial charge in [-0.1, -0.05) is 0 Å². The van der Waals surface area contributed by atoms with Gasteiger partial charge in [0.15, 0.2) is 10.3 Å². The van der Waals surface area contributed by atoms with Crippen molar-refractivity contribution in [3.63, 3.8) is 0 Å². The molecular formula is C4H4N6S2. The van der Waals surface area contributed by atoms with Crippen molar-refractivity contribution in [2.45, 2.75) is 0 Å². The second kappa shape index (κ2) is 2.64. The molecule has 2 aromatic heterocycles. The Morgan fingerprint density at radius 1 is 0.833 bits per heavy atom. The highest BCUT2D eigenvalue weighted by Gasteiger charge is 2.09. The van der Waals surface area contributed by atoms with Gasteiger partial charge in [-0.2, -0.15) is 18.7 Å². The Hall–Kier alpha value is -1.28. The fourth-order valence-corrected chi connectivity index (χ4v) is 1.51. The molecule has 2 heterocycles. The van der Waals surface area contributed by atoms with Crippen LogP contribution in [0.2, 0.25) is 0 Å². The first-order chi connectivity index (χ1) is 5.75. The predicted molar refractivity (Wildman–Crippen MR) is 47.6 cm³/mol. The van der Waals surface area contributed by atoms with Gasteiger partial charge in [0.1, 0.15) is 0 Å². The van der Waals surface area contributed by atoms with Gasteiger partial charge in [0.25, 0.3) is 0 Å². The van der Waals surface area contributed by atoms with Crippen molar-refractivity contribution in [1.82, 2.24) is 18.7 Å².